The van der Waals surface area contributed by atoms with Gasteiger partial charge in [0.2, 0.25) is 5.91 Å². The number of carbonyl (C=O) groups excluding carboxylic acids is 2. The van der Waals surface area contributed by atoms with E-state index in [-0.39, 0.29) is 36.8 Å². The summed E-state index contributed by atoms with van der Waals surface area (Å²) in [6, 6.07) is 15.4. The van der Waals surface area contributed by atoms with Gasteiger partial charge < -0.3 is 25.4 Å². The molecule has 186 valence electrons. The fourth-order valence-electron chi connectivity index (χ4n) is 5.28. The largest absolute Gasteiger partial charge is 0.481 e. The maximum Gasteiger partial charge on any atom is 0.407 e. The first-order valence-corrected chi connectivity index (χ1v) is 12.1. The van der Waals surface area contributed by atoms with E-state index in [0.29, 0.717) is 13.0 Å². The first kappa shape index (κ1) is 24.7. The highest BCUT2D eigenvalue weighted by molar-refractivity contribution is 5.86. The average Bonchev–Trinajstić information content (AvgIpc) is 3.38. The number of fused-ring (bicyclic) bond motifs is 3. The molecule has 2 aromatic rings. The van der Waals surface area contributed by atoms with Crippen LogP contribution >= 0.6 is 0 Å². The fraction of sp³-hybridized carbons (Fsp3) is 0.444. The van der Waals surface area contributed by atoms with Crippen molar-refractivity contribution in [2.24, 2.45) is 5.92 Å². The summed E-state index contributed by atoms with van der Waals surface area (Å²) in [7, 11) is 3.66. The maximum atomic E-state index is 13.0. The number of amides is 2. The molecule has 0 spiro atoms. The van der Waals surface area contributed by atoms with Gasteiger partial charge >= 0.3 is 12.1 Å². The van der Waals surface area contributed by atoms with Gasteiger partial charge in [-0.1, -0.05) is 48.5 Å². The summed E-state index contributed by atoms with van der Waals surface area (Å²) in [5.74, 6) is -1.09. The molecule has 0 saturated heterocycles. The number of likely N-dealkylation sites (N-methyl/N-ethyl adjacent to an activating group) is 1. The Morgan fingerprint density at radius 1 is 1.03 bits per heavy atom. The minimum Gasteiger partial charge on any atom is -0.481 e. The van der Waals surface area contributed by atoms with Crippen molar-refractivity contribution < 1.29 is 24.2 Å². The summed E-state index contributed by atoms with van der Waals surface area (Å²) in [5, 5.41) is 14.7. The normalized spacial score (nSPS) is 19.6. The Morgan fingerprint density at radius 2 is 1.66 bits per heavy atom. The molecule has 3 atom stereocenters. The van der Waals surface area contributed by atoms with Crippen LogP contribution in [0.25, 0.3) is 11.1 Å². The van der Waals surface area contributed by atoms with Gasteiger partial charge in [0, 0.05) is 24.9 Å². The minimum absolute atomic E-state index is 0.0565. The average molecular weight is 480 g/mol. The number of alkyl carbamates (subject to hydrolysis) is 1. The zero-order valence-corrected chi connectivity index (χ0v) is 20.2. The van der Waals surface area contributed by atoms with Gasteiger partial charge in [0.15, 0.2) is 0 Å². The Bertz CT molecular complexity index is 1040. The highest BCUT2D eigenvalue weighted by Gasteiger charge is 2.32. The van der Waals surface area contributed by atoms with E-state index in [0.717, 1.165) is 35.1 Å². The van der Waals surface area contributed by atoms with Gasteiger partial charge in [0.1, 0.15) is 12.6 Å². The summed E-state index contributed by atoms with van der Waals surface area (Å²) >= 11 is 0. The second-order valence-corrected chi connectivity index (χ2v) is 9.77. The lowest BCUT2D eigenvalue weighted by Gasteiger charge is -2.24. The van der Waals surface area contributed by atoms with Crippen molar-refractivity contribution in [2.45, 2.75) is 43.7 Å². The second-order valence-electron chi connectivity index (χ2n) is 9.77. The van der Waals surface area contributed by atoms with Gasteiger partial charge in [-0.15, -0.1) is 0 Å². The Labute approximate surface area is 205 Å². The number of carbonyl (C=O) groups is 3. The van der Waals surface area contributed by atoms with E-state index in [9.17, 15) is 14.4 Å². The van der Waals surface area contributed by atoms with Crippen molar-refractivity contribution in [3.63, 3.8) is 0 Å². The molecule has 3 N–H and O–H groups in total. The maximum absolute atomic E-state index is 13.0. The van der Waals surface area contributed by atoms with E-state index >= 15 is 0 Å². The molecule has 2 unspecified atom stereocenters. The molecule has 35 heavy (non-hydrogen) atoms. The molecule has 0 aliphatic heterocycles. The zero-order chi connectivity index (χ0) is 24.9. The highest BCUT2D eigenvalue weighted by atomic mass is 16.5. The molecular weight excluding hydrogens is 446 g/mol. The fourth-order valence-corrected chi connectivity index (χ4v) is 5.28. The predicted octanol–water partition coefficient (Wildman–Crippen LogP) is 3.21. The molecule has 2 amide bonds. The topological polar surface area (TPSA) is 108 Å². The van der Waals surface area contributed by atoms with Gasteiger partial charge in [-0.2, -0.15) is 0 Å². The summed E-state index contributed by atoms with van der Waals surface area (Å²) < 4.78 is 5.62. The van der Waals surface area contributed by atoms with E-state index < -0.39 is 18.1 Å². The summed E-state index contributed by atoms with van der Waals surface area (Å²) in [5.41, 5.74) is 4.56. The molecule has 1 saturated carbocycles. The van der Waals surface area contributed by atoms with E-state index in [2.05, 4.69) is 34.9 Å². The molecule has 2 aromatic carbocycles. The number of hydrogen-bond donors (Lipinski definition) is 3. The lowest BCUT2D eigenvalue weighted by molar-refractivity contribution is -0.138. The SMILES string of the molecule is CN(C)C[C@H](NC(=O)OCC1c2ccccc2-c2ccccc21)C(=O)NC1CCC(CC(=O)O)C1. The number of carboxylic acids is 1. The molecule has 2 aliphatic rings. The van der Waals surface area contributed by atoms with Crippen LogP contribution in [0.2, 0.25) is 0 Å². The quantitative estimate of drug-likeness (QED) is 0.510. The van der Waals surface area contributed by atoms with Crippen molar-refractivity contribution in [3.05, 3.63) is 59.7 Å². The number of benzene rings is 2. The molecule has 8 nitrogen and oxygen atoms in total. The van der Waals surface area contributed by atoms with Crippen molar-refractivity contribution >= 4 is 18.0 Å². The molecule has 0 radical (unpaired) electrons. The number of aliphatic carboxylic acids is 1. The second kappa shape index (κ2) is 10.9. The first-order valence-electron chi connectivity index (χ1n) is 12.1. The number of nitrogens with one attached hydrogen (secondary N) is 2. The van der Waals surface area contributed by atoms with Gasteiger partial charge in [-0.3, -0.25) is 9.59 Å². The van der Waals surface area contributed by atoms with E-state index in [1.54, 1.807) is 0 Å². The van der Waals surface area contributed by atoms with Crippen molar-refractivity contribution in [1.82, 2.24) is 15.5 Å². The van der Waals surface area contributed by atoms with E-state index in [1.807, 2.05) is 43.3 Å². The van der Waals surface area contributed by atoms with Crippen LogP contribution in [0.4, 0.5) is 4.79 Å². The van der Waals surface area contributed by atoms with Gasteiger partial charge in [-0.05, 0) is 61.5 Å². The molecule has 1 fully saturated rings. The molecular formula is C27H33N3O5. The van der Waals surface area contributed by atoms with Crippen LogP contribution < -0.4 is 10.6 Å². The van der Waals surface area contributed by atoms with Gasteiger partial charge in [0.25, 0.3) is 0 Å². The molecule has 0 aromatic heterocycles. The van der Waals surface area contributed by atoms with Crippen LogP contribution in [-0.2, 0) is 14.3 Å². The molecule has 0 heterocycles. The number of hydrogen-bond acceptors (Lipinski definition) is 5. The van der Waals surface area contributed by atoms with Gasteiger partial charge in [-0.25, -0.2) is 4.79 Å². The summed E-state index contributed by atoms with van der Waals surface area (Å²) in [6.45, 7) is 0.497. The Kier molecular flexibility index (Phi) is 7.70. The van der Waals surface area contributed by atoms with Crippen LogP contribution in [0.3, 0.4) is 0 Å². The number of nitrogens with zero attached hydrogens (tertiary/aromatic N) is 1. The van der Waals surface area contributed by atoms with Crippen molar-refractivity contribution in [1.29, 1.82) is 0 Å². The third kappa shape index (κ3) is 6.00. The van der Waals surface area contributed by atoms with Crippen molar-refractivity contribution in [3.8, 4) is 11.1 Å². The molecule has 8 heteroatoms. The summed E-state index contributed by atoms with van der Waals surface area (Å²) in [4.78, 5) is 38.5. The zero-order valence-electron chi connectivity index (χ0n) is 20.2. The molecule has 0 bridgehead atoms. The van der Waals surface area contributed by atoms with Gasteiger partial charge in [0.05, 0.1) is 0 Å². The number of carboxylic acid groups (broad SMARTS) is 1. The smallest absolute Gasteiger partial charge is 0.407 e. The van der Waals surface area contributed by atoms with Crippen molar-refractivity contribution in [2.75, 3.05) is 27.2 Å². The van der Waals surface area contributed by atoms with Crippen LogP contribution in [-0.4, -0.2) is 67.3 Å². The standard InChI is InChI=1S/C27H33N3O5/c1-30(2)15-24(26(33)28-18-12-11-17(13-18)14-25(31)32)29-27(34)35-16-23-21-9-5-3-7-19(21)20-8-4-6-10-22(20)23/h3-10,17-18,23-24H,11-16H2,1-2H3,(H,28,33)(H,29,34)(H,31,32)/t17?,18?,24-/m0/s1. The van der Waals surface area contributed by atoms with Crippen LogP contribution in [0.1, 0.15) is 42.7 Å². The van der Waals surface area contributed by atoms with Crippen LogP contribution in [0.15, 0.2) is 48.5 Å². The monoisotopic (exact) mass is 479 g/mol. The number of ether oxygens (including phenoxy) is 1. The first-order chi connectivity index (χ1) is 16.8. The Balaban J connectivity index is 1.35. The molecule has 2 aliphatic carbocycles. The minimum atomic E-state index is -0.815. The van der Waals surface area contributed by atoms with Crippen LogP contribution in [0.5, 0.6) is 0 Å². The Hall–Kier alpha value is -3.39. The Morgan fingerprint density at radius 3 is 2.26 bits per heavy atom. The summed E-state index contributed by atoms with van der Waals surface area (Å²) in [6.07, 6.45) is 1.63. The third-order valence-corrected chi connectivity index (χ3v) is 6.85. The molecule has 4 rings (SSSR count). The lowest BCUT2D eigenvalue weighted by atomic mass is 9.98. The highest BCUT2D eigenvalue weighted by Crippen LogP contribution is 2.44. The van der Waals surface area contributed by atoms with Crippen LogP contribution in [0, 0.1) is 5.92 Å². The van der Waals surface area contributed by atoms with E-state index in [1.165, 1.54) is 0 Å². The number of rotatable bonds is 9. The van der Waals surface area contributed by atoms with E-state index in [4.69, 9.17) is 9.84 Å². The third-order valence-electron chi connectivity index (χ3n) is 6.85. The predicted molar refractivity (Wildman–Crippen MR) is 132 cm³/mol. The lowest BCUT2D eigenvalue weighted by Crippen LogP contribution is -2.53.